The van der Waals surface area contributed by atoms with Gasteiger partial charge in [-0.15, -0.1) is 0 Å². The lowest BCUT2D eigenvalue weighted by Crippen LogP contribution is -2.41. The van der Waals surface area contributed by atoms with E-state index in [9.17, 15) is 0 Å². The molecule has 0 spiro atoms. The fourth-order valence-corrected chi connectivity index (χ4v) is 3.17. The quantitative estimate of drug-likeness (QED) is 0.863. The summed E-state index contributed by atoms with van der Waals surface area (Å²) in [5.41, 5.74) is 9.09. The molecule has 0 heterocycles. The predicted molar refractivity (Wildman–Crippen MR) is 79.0 cm³/mol. The second-order valence-corrected chi connectivity index (χ2v) is 5.76. The van der Waals surface area contributed by atoms with E-state index in [2.05, 4.69) is 43.0 Å². The van der Waals surface area contributed by atoms with Crippen LogP contribution in [0.3, 0.4) is 0 Å². The molecule has 1 fully saturated rings. The van der Waals surface area contributed by atoms with Gasteiger partial charge in [-0.05, 0) is 50.9 Å². The Balaban J connectivity index is 2.14. The number of nitrogens with two attached hydrogens (primary N) is 1. The van der Waals surface area contributed by atoms with E-state index in [0.717, 1.165) is 19.6 Å². The summed E-state index contributed by atoms with van der Waals surface area (Å²) >= 11 is 0. The molecule has 1 aromatic rings. The Labute approximate surface area is 111 Å². The molecule has 0 saturated heterocycles. The Morgan fingerprint density at radius 2 is 2.00 bits per heavy atom. The van der Waals surface area contributed by atoms with Gasteiger partial charge in [0, 0.05) is 24.2 Å². The van der Waals surface area contributed by atoms with Gasteiger partial charge >= 0.3 is 0 Å². The second-order valence-electron chi connectivity index (χ2n) is 5.76. The molecular formula is C16H26N2. The van der Waals surface area contributed by atoms with Crippen LogP contribution < -0.4 is 10.6 Å². The number of nitrogens with zero attached hydrogens (tertiary/aromatic N) is 1. The number of anilines is 1. The summed E-state index contributed by atoms with van der Waals surface area (Å²) in [5, 5.41) is 0. The maximum atomic E-state index is 6.05. The summed E-state index contributed by atoms with van der Waals surface area (Å²) in [6.07, 6.45) is 5.29. The average Bonchev–Trinajstić information content (AvgIpc) is 2.85. The zero-order valence-electron chi connectivity index (χ0n) is 11.8. The number of aryl methyl sites for hydroxylation is 1. The molecule has 0 atom stereocenters. The van der Waals surface area contributed by atoms with Crippen LogP contribution >= 0.6 is 0 Å². The molecule has 100 valence electrons. The van der Waals surface area contributed by atoms with E-state index >= 15 is 0 Å². The number of rotatable bonds is 5. The monoisotopic (exact) mass is 246 g/mol. The van der Waals surface area contributed by atoms with Crippen LogP contribution in [-0.2, 0) is 0 Å². The van der Waals surface area contributed by atoms with Gasteiger partial charge in [-0.25, -0.2) is 0 Å². The minimum atomic E-state index is 0.361. The van der Waals surface area contributed by atoms with E-state index in [0.29, 0.717) is 5.41 Å². The first-order valence-corrected chi connectivity index (χ1v) is 7.21. The maximum absolute atomic E-state index is 6.05. The van der Waals surface area contributed by atoms with Crippen LogP contribution in [0.4, 0.5) is 5.69 Å². The molecule has 1 aliphatic carbocycles. The van der Waals surface area contributed by atoms with Crippen molar-refractivity contribution >= 4 is 5.69 Å². The van der Waals surface area contributed by atoms with E-state index in [1.54, 1.807) is 0 Å². The van der Waals surface area contributed by atoms with Gasteiger partial charge < -0.3 is 10.6 Å². The van der Waals surface area contributed by atoms with Crippen molar-refractivity contribution in [3.63, 3.8) is 0 Å². The van der Waals surface area contributed by atoms with Gasteiger partial charge in [-0.3, -0.25) is 0 Å². The second kappa shape index (κ2) is 5.75. The summed E-state index contributed by atoms with van der Waals surface area (Å²) in [4.78, 5) is 2.49. The van der Waals surface area contributed by atoms with Crippen LogP contribution in [-0.4, -0.2) is 19.6 Å². The summed E-state index contributed by atoms with van der Waals surface area (Å²) < 4.78 is 0. The van der Waals surface area contributed by atoms with Crippen molar-refractivity contribution in [2.45, 2.75) is 39.5 Å². The summed E-state index contributed by atoms with van der Waals surface area (Å²) in [6.45, 7) is 7.40. The molecule has 0 aromatic heterocycles. The van der Waals surface area contributed by atoms with Crippen LogP contribution in [0.5, 0.6) is 0 Å². The molecule has 18 heavy (non-hydrogen) atoms. The first kappa shape index (κ1) is 13.4. The maximum Gasteiger partial charge on any atom is 0.0368 e. The summed E-state index contributed by atoms with van der Waals surface area (Å²) in [5.74, 6) is 0. The molecule has 1 aliphatic rings. The van der Waals surface area contributed by atoms with E-state index in [4.69, 9.17) is 5.73 Å². The molecule has 2 heteroatoms. The normalized spacial score (nSPS) is 17.9. The molecule has 2 N–H and O–H groups in total. The largest absolute Gasteiger partial charge is 0.371 e. The average molecular weight is 246 g/mol. The van der Waals surface area contributed by atoms with Crippen molar-refractivity contribution in [3.05, 3.63) is 29.8 Å². The summed E-state index contributed by atoms with van der Waals surface area (Å²) in [7, 11) is 0. The Bertz CT molecular complexity index is 380. The van der Waals surface area contributed by atoms with Gasteiger partial charge in [-0.2, -0.15) is 0 Å². The lowest BCUT2D eigenvalue weighted by Gasteiger charge is -2.35. The van der Waals surface area contributed by atoms with Crippen molar-refractivity contribution in [2.24, 2.45) is 11.1 Å². The van der Waals surface area contributed by atoms with Crippen molar-refractivity contribution < 1.29 is 0 Å². The minimum absolute atomic E-state index is 0.361. The molecule has 0 unspecified atom stereocenters. The summed E-state index contributed by atoms with van der Waals surface area (Å²) in [6, 6.07) is 8.81. The number of hydrogen-bond donors (Lipinski definition) is 1. The predicted octanol–water partition coefficient (Wildman–Crippen LogP) is 3.34. The Morgan fingerprint density at radius 3 is 2.56 bits per heavy atom. The third-order valence-electron chi connectivity index (χ3n) is 4.37. The molecule has 0 aliphatic heterocycles. The van der Waals surface area contributed by atoms with Crippen LogP contribution in [0.25, 0.3) is 0 Å². The van der Waals surface area contributed by atoms with E-state index < -0.39 is 0 Å². The van der Waals surface area contributed by atoms with E-state index in [1.165, 1.54) is 36.9 Å². The van der Waals surface area contributed by atoms with Gasteiger partial charge in [0.1, 0.15) is 0 Å². The molecule has 1 aromatic carbocycles. The van der Waals surface area contributed by atoms with Crippen molar-refractivity contribution in [1.82, 2.24) is 0 Å². The first-order chi connectivity index (χ1) is 8.69. The molecule has 1 saturated carbocycles. The highest BCUT2D eigenvalue weighted by Gasteiger charge is 2.34. The Kier molecular flexibility index (Phi) is 4.28. The smallest absolute Gasteiger partial charge is 0.0368 e. The molecule has 0 bridgehead atoms. The zero-order valence-corrected chi connectivity index (χ0v) is 11.8. The van der Waals surface area contributed by atoms with Crippen LogP contribution in [0.15, 0.2) is 24.3 Å². The topological polar surface area (TPSA) is 29.3 Å². The lowest BCUT2D eigenvalue weighted by atomic mass is 9.85. The van der Waals surface area contributed by atoms with Gasteiger partial charge in [-0.1, -0.05) is 25.0 Å². The molecule has 0 amide bonds. The van der Waals surface area contributed by atoms with Crippen LogP contribution in [0.1, 0.15) is 38.2 Å². The van der Waals surface area contributed by atoms with E-state index in [-0.39, 0.29) is 0 Å². The highest BCUT2D eigenvalue weighted by Crippen LogP contribution is 2.38. The van der Waals surface area contributed by atoms with Crippen molar-refractivity contribution in [3.8, 4) is 0 Å². The zero-order chi connectivity index (χ0) is 13.0. The molecule has 0 radical (unpaired) electrons. The third kappa shape index (κ3) is 2.86. The lowest BCUT2D eigenvalue weighted by molar-refractivity contribution is 0.312. The van der Waals surface area contributed by atoms with Crippen molar-refractivity contribution in [2.75, 3.05) is 24.5 Å². The first-order valence-electron chi connectivity index (χ1n) is 7.21. The van der Waals surface area contributed by atoms with Gasteiger partial charge in [0.15, 0.2) is 0 Å². The fourth-order valence-electron chi connectivity index (χ4n) is 3.17. The Morgan fingerprint density at radius 1 is 1.28 bits per heavy atom. The fraction of sp³-hybridized carbons (Fsp3) is 0.625. The van der Waals surface area contributed by atoms with Crippen molar-refractivity contribution in [1.29, 1.82) is 0 Å². The molecule has 2 rings (SSSR count). The number of hydrogen-bond acceptors (Lipinski definition) is 2. The van der Waals surface area contributed by atoms with Crippen LogP contribution in [0.2, 0.25) is 0 Å². The molecular weight excluding hydrogens is 220 g/mol. The van der Waals surface area contributed by atoms with Gasteiger partial charge in [0.05, 0.1) is 0 Å². The highest BCUT2D eigenvalue weighted by molar-refractivity contribution is 5.48. The third-order valence-corrected chi connectivity index (χ3v) is 4.37. The van der Waals surface area contributed by atoms with Gasteiger partial charge in [0.2, 0.25) is 0 Å². The number of benzene rings is 1. The molecule has 2 nitrogen and oxygen atoms in total. The van der Waals surface area contributed by atoms with Crippen LogP contribution in [0, 0.1) is 12.3 Å². The highest BCUT2D eigenvalue weighted by atomic mass is 15.1. The minimum Gasteiger partial charge on any atom is -0.371 e. The van der Waals surface area contributed by atoms with E-state index in [1.807, 2.05) is 0 Å². The van der Waals surface area contributed by atoms with Gasteiger partial charge in [0.25, 0.3) is 0 Å². The SMILES string of the molecule is CCN(CC1(CN)CCCC1)c1cccc(C)c1. The Hall–Kier alpha value is -1.02. The standard InChI is InChI=1S/C16H26N2/c1-3-18(15-8-6-7-14(2)11-15)13-16(12-17)9-4-5-10-16/h6-8,11H,3-5,9-10,12-13,17H2,1-2H3.